The molecule has 1 aliphatic carbocycles. The first-order chi connectivity index (χ1) is 15.7. The molecule has 0 radical (unpaired) electrons. The second-order valence-electron chi connectivity index (χ2n) is 8.53. The zero-order valence-corrected chi connectivity index (χ0v) is 19.8. The SMILES string of the molecule is CC(C)CCn1c(SCC(=O)c2c(N)n(C3CC3)c(=O)[nH]c2=O)nc2cc(Cl)ccc2c1=O. The Morgan fingerprint density at radius 2 is 2.03 bits per heavy atom. The first kappa shape index (κ1) is 23.3. The lowest BCUT2D eigenvalue weighted by molar-refractivity contribution is 0.102. The summed E-state index contributed by atoms with van der Waals surface area (Å²) in [6, 6.07) is 4.78. The van der Waals surface area contributed by atoms with E-state index < -0.39 is 17.0 Å². The average molecular weight is 490 g/mol. The van der Waals surface area contributed by atoms with Crippen molar-refractivity contribution in [2.75, 3.05) is 11.5 Å². The summed E-state index contributed by atoms with van der Waals surface area (Å²) in [6.45, 7) is 4.55. The van der Waals surface area contributed by atoms with Gasteiger partial charge in [-0.05, 0) is 43.4 Å². The topological polar surface area (TPSA) is 133 Å². The molecular weight excluding hydrogens is 466 g/mol. The molecule has 3 aromatic rings. The van der Waals surface area contributed by atoms with Crippen LogP contribution in [0.3, 0.4) is 0 Å². The molecule has 0 spiro atoms. The third-order valence-electron chi connectivity index (χ3n) is 5.52. The Bertz CT molecular complexity index is 1420. The molecule has 174 valence electrons. The van der Waals surface area contributed by atoms with Gasteiger partial charge in [-0.1, -0.05) is 37.2 Å². The molecule has 2 heterocycles. The van der Waals surface area contributed by atoms with E-state index in [2.05, 4.69) is 23.8 Å². The van der Waals surface area contributed by atoms with Gasteiger partial charge in [0.1, 0.15) is 11.4 Å². The highest BCUT2D eigenvalue weighted by Gasteiger charge is 2.30. The molecule has 0 atom stereocenters. The Morgan fingerprint density at radius 1 is 1.30 bits per heavy atom. The number of ketones is 1. The van der Waals surface area contributed by atoms with E-state index in [1.165, 1.54) is 4.57 Å². The summed E-state index contributed by atoms with van der Waals surface area (Å²) in [5, 5.41) is 1.24. The summed E-state index contributed by atoms with van der Waals surface area (Å²) in [7, 11) is 0. The Kier molecular flexibility index (Phi) is 6.49. The molecule has 1 fully saturated rings. The number of thioether (sulfide) groups is 1. The Labute approximate surface area is 198 Å². The third-order valence-corrected chi connectivity index (χ3v) is 6.73. The molecule has 2 aromatic heterocycles. The second-order valence-corrected chi connectivity index (χ2v) is 9.91. The molecule has 0 unspecified atom stereocenters. The van der Waals surface area contributed by atoms with Crippen LogP contribution in [0.15, 0.2) is 37.7 Å². The molecule has 0 saturated heterocycles. The lowest BCUT2D eigenvalue weighted by atomic mass is 10.1. The van der Waals surface area contributed by atoms with Gasteiger partial charge in [0.05, 0.1) is 16.7 Å². The minimum absolute atomic E-state index is 0.0957. The summed E-state index contributed by atoms with van der Waals surface area (Å²) in [4.78, 5) is 57.3. The fourth-order valence-corrected chi connectivity index (χ4v) is 4.67. The molecule has 11 heteroatoms. The molecule has 0 aliphatic heterocycles. The third kappa shape index (κ3) is 4.77. The standard InChI is InChI=1S/C22H24ClN5O4S/c1-11(2)7-8-27-20(31)14-6-3-12(23)9-15(14)25-22(27)33-10-16(29)17-18(24)28(13-4-5-13)21(32)26-19(17)30/h3,6,9,11,13H,4-5,7-8,10,24H2,1-2H3,(H,26,30,32). The lowest BCUT2D eigenvalue weighted by Gasteiger charge is -2.15. The molecule has 0 bridgehead atoms. The van der Waals surface area contributed by atoms with Crippen molar-refractivity contribution in [3.05, 3.63) is 60.0 Å². The maximum absolute atomic E-state index is 13.1. The van der Waals surface area contributed by atoms with Crippen molar-refractivity contribution in [3.63, 3.8) is 0 Å². The van der Waals surface area contributed by atoms with Crippen LogP contribution < -0.4 is 22.5 Å². The number of aromatic nitrogens is 4. The number of nitrogens with two attached hydrogens (primary N) is 1. The molecule has 9 nitrogen and oxygen atoms in total. The summed E-state index contributed by atoms with van der Waals surface area (Å²) < 4.78 is 2.82. The number of halogens is 1. The van der Waals surface area contributed by atoms with Gasteiger partial charge in [0.2, 0.25) is 0 Å². The van der Waals surface area contributed by atoms with E-state index in [0.29, 0.717) is 33.5 Å². The normalized spacial score (nSPS) is 13.7. The number of fused-ring (bicyclic) bond motifs is 1. The number of nitrogens with zero attached hydrogens (tertiary/aromatic N) is 3. The van der Waals surface area contributed by atoms with Crippen LogP contribution in [0.4, 0.5) is 5.82 Å². The number of anilines is 1. The van der Waals surface area contributed by atoms with Crippen LogP contribution in [0.25, 0.3) is 10.9 Å². The first-order valence-corrected chi connectivity index (χ1v) is 12.0. The maximum atomic E-state index is 13.1. The van der Waals surface area contributed by atoms with Gasteiger partial charge in [0.25, 0.3) is 11.1 Å². The van der Waals surface area contributed by atoms with Crippen molar-refractivity contribution in [2.24, 2.45) is 5.92 Å². The summed E-state index contributed by atoms with van der Waals surface area (Å²) in [5.41, 5.74) is 4.60. The zero-order valence-electron chi connectivity index (χ0n) is 18.3. The van der Waals surface area contributed by atoms with Gasteiger partial charge in [0.15, 0.2) is 10.9 Å². The van der Waals surface area contributed by atoms with Gasteiger partial charge in [-0.2, -0.15) is 0 Å². The zero-order chi connectivity index (χ0) is 23.9. The summed E-state index contributed by atoms with van der Waals surface area (Å²) >= 11 is 7.13. The van der Waals surface area contributed by atoms with Crippen LogP contribution in [-0.4, -0.2) is 30.6 Å². The van der Waals surface area contributed by atoms with E-state index in [0.717, 1.165) is 31.0 Å². The van der Waals surface area contributed by atoms with Gasteiger partial charge < -0.3 is 5.73 Å². The fourth-order valence-electron chi connectivity index (χ4n) is 3.60. The smallest absolute Gasteiger partial charge is 0.330 e. The minimum atomic E-state index is -0.810. The summed E-state index contributed by atoms with van der Waals surface area (Å²) in [6.07, 6.45) is 2.29. The first-order valence-electron chi connectivity index (χ1n) is 10.7. The van der Waals surface area contributed by atoms with Crippen molar-refractivity contribution >= 4 is 45.9 Å². The molecular formula is C22H24ClN5O4S. The quantitative estimate of drug-likeness (QED) is 0.282. The van der Waals surface area contributed by atoms with Crippen LogP contribution >= 0.6 is 23.4 Å². The van der Waals surface area contributed by atoms with E-state index in [4.69, 9.17) is 17.3 Å². The van der Waals surface area contributed by atoms with Crippen LogP contribution in [0.2, 0.25) is 5.02 Å². The molecule has 3 N–H and O–H groups in total. The number of carbonyl (C=O) groups excluding carboxylic acids is 1. The Morgan fingerprint density at radius 3 is 2.70 bits per heavy atom. The Balaban J connectivity index is 1.69. The highest BCUT2D eigenvalue weighted by Crippen LogP contribution is 2.35. The molecule has 1 aliphatic rings. The molecule has 0 amide bonds. The predicted octanol–water partition coefficient (Wildman–Crippen LogP) is 2.84. The van der Waals surface area contributed by atoms with E-state index in [-0.39, 0.29) is 28.7 Å². The number of rotatable bonds is 8. The molecule has 4 rings (SSSR count). The van der Waals surface area contributed by atoms with Gasteiger partial charge >= 0.3 is 5.69 Å². The second kappa shape index (κ2) is 9.18. The van der Waals surface area contributed by atoms with Crippen LogP contribution in [0, 0.1) is 5.92 Å². The van der Waals surface area contributed by atoms with Crippen LogP contribution in [-0.2, 0) is 6.54 Å². The summed E-state index contributed by atoms with van der Waals surface area (Å²) in [5.74, 6) is -0.466. The van der Waals surface area contributed by atoms with E-state index in [9.17, 15) is 19.2 Å². The predicted molar refractivity (Wildman–Crippen MR) is 130 cm³/mol. The number of nitrogens with one attached hydrogen (secondary N) is 1. The number of aromatic amines is 1. The largest absolute Gasteiger partial charge is 0.384 e. The number of hydrogen-bond acceptors (Lipinski definition) is 7. The van der Waals surface area contributed by atoms with Crippen LogP contribution in [0.1, 0.15) is 49.5 Å². The molecule has 1 aromatic carbocycles. The minimum Gasteiger partial charge on any atom is -0.384 e. The van der Waals surface area contributed by atoms with E-state index in [1.807, 2.05) is 0 Å². The number of carbonyl (C=O) groups is 1. The fraction of sp³-hybridized carbons (Fsp3) is 0.409. The number of nitrogen functional groups attached to an aromatic ring is 1. The maximum Gasteiger partial charge on any atom is 0.330 e. The van der Waals surface area contributed by atoms with E-state index in [1.54, 1.807) is 22.8 Å². The van der Waals surface area contributed by atoms with Gasteiger partial charge in [-0.3, -0.25) is 28.5 Å². The molecule has 33 heavy (non-hydrogen) atoms. The number of H-pyrrole nitrogens is 1. The van der Waals surface area contributed by atoms with Crippen molar-refractivity contribution < 1.29 is 4.79 Å². The molecule has 1 saturated carbocycles. The highest BCUT2D eigenvalue weighted by atomic mass is 35.5. The highest BCUT2D eigenvalue weighted by molar-refractivity contribution is 7.99. The average Bonchev–Trinajstić information content (AvgIpc) is 3.56. The van der Waals surface area contributed by atoms with Crippen molar-refractivity contribution in [3.8, 4) is 0 Å². The van der Waals surface area contributed by atoms with Gasteiger partial charge in [-0.15, -0.1) is 0 Å². The van der Waals surface area contributed by atoms with Crippen molar-refractivity contribution in [2.45, 2.75) is 50.9 Å². The number of benzene rings is 1. The lowest BCUT2D eigenvalue weighted by Crippen LogP contribution is -2.36. The van der Waals surface area contributed by atoms with Crippen molar-refractivity contribution in [1.29, 1.82) is 0 Å². The van der Waals surface area contributed by atoms with Gasteiger partial charge in [-0.25, -0.2) is 9.78 Å². The van der Waals surface area contributed by atoms with Crippen molar-refractivity contribution in [1.82, 2.24) is 19.1 Å². The van der Waals surface area contributed by atoms with E-state index >= 15 is 0 Å². The van der Waals surface area contributed by atoms with Gasteiger partial charge in [0, 0.05) is 17.6 Å². The number of Topliss-reactive ketones (excluding diaryl/α,β-unsaturated/α-hetero) is 1. The monoisotopic (exact) mass is 489 g/mol. The number of hydrogen-bond donors (Lipinski definition) is 2. The van der Waals surface area contributed by atoms with Crippen LogP contribution in [0.5, 0.6) is 0 Å². The Hall–Kier alpha value is -2.85.